The molecular formula is C7H9N5O. The van der Waals surface area contributed by atoms with Gasteiger partial charge in [-0.1, -0.05) is 5.11 Å². The van der Waals surface area contributed by atoms with E-state index in [4.69, 9.17) is 10.3 Å². The lowest BCUT2D eigenvalue weighted by Crippen LogP contribution is -2.14. The molecule has 2 heterocycles. The maximum atomic E-state index is 8.12. The molecule has 13 heavy (non-hydrogen) atoms. The molecule has 0 unspecified atom stereocenters. The van der Waals surface area contributed by atoms with Crippen LogP contribution in [0.25, 0.3) is 10.4 Å². The zero-order valence-corrected chi connectivity index (χ0v) is 7.05. The molecule has 0 N–H and O–H groups in total. The molecule has 6 nitrogen and oxygen atoms in total. The molecule has 1 aromatic heterocycles. The van der Waals surface area contributed by atoms with E-state index in [1.54, 1.807) is 4.68 Å². The lowest BCUT2D eigenvalue weighted by atomic mass is 10.4. The van der Waals surface area contributed by atoms with Crippen LogP contribution in [-0.4, -0.2) is 16.4 Å². The number of fused-ring (bicyclic) bond motifs is 1. The number of ether oxygens (including phenoxy) is 1. The topological polar surface area (TPSA) is 75.8 Å². The molecule has 0 atom stereocenters. The largest absolute Gasteiger partial charge is 0.478 e. The van der Waals surface area contributed by atoms with Crippen molar-refractivity contribution in [2.75, 3.05) is 6.61 Å². The summed E-state index contributed by atoms with van der Waals surface area (Å²) in [5, 5.41) is 7.65. The van der Waals surface area contributed by atoms with Crippen molar-refractivity contribution in [3.8, 4) is 5.88 Å². The Hall–Kier alpha value is -1.68. The van der Waals surface area contributed by atoms with Gasteiger partial charge in [0.05, 0.1) is 18.8 Å². The Morgan fingerprint density at radius 3 is 3.46 bits per heavy atom. The maximum Gasteiger partial charge on any atom is 0.211 e. The summed E-state index contributed by atoms with van der Waals surface area (Å²) < 4.78 is 7.15. The molecule has 1 aliphatic heterocycles. The maximum absolute atomic E-state index is 8.12. The van der Waals surface area contributed by atoms with Gasteiger partial charge in [0, 0.05) is 23.9 Å². The Kier molecular flexibility index (Phi) is 2.06. The second kappa shape index (κ2) is 3.37. The van der Waals surface area contributed by atoms with Crippen LogP contribution in [0.4, 0.5) is 0 Å². The van der Waals surface area contributed by atoms with Crippen LogP contribution in [-0.2, 0) is 13.1 Å². The van der Waals surface area contributed by atoms with Gasteiger partial charge in [-0.3, -0.25) is 0 Å². The zero-order valence-electron chi connectivity index (χ0n) is 7.05. The number of aryl methyl sites for hydroxylation is 1. The summed E-state index contributed by atoms with van der Waals surface area (Å²) in [4.78, 5) is 2.67. The van der Waals surface area contributed by atoms with E-state index in [2.05, 4.69) is 15.1 Å². The van der Waals surface area contributed by atoms with Gasteiger partial charge < -0.3 is 4.74 Å². The summed E-state index contributed by atoms with van der Waals surface area (Å²) in [6.45, 7) is 1.91. The van der Waals surface area contributed by atoms with Crippen molar-refractivity contribution >= 4 is 0 Å². The first kappa shape index (κ1) is 7.94. The first-order valence-corrected chi connectivity index (χ1v) is 4.10. The van der Waals surface area contributed by atoms with Gasteiger partial charge in [-0.15, -0.1) is 0 Å². The Bertz CT molecular complexity index is 328. The van der Waals surface area contributed by atoms with Crippen molar-refractivity contribution in [1.82, 2.24) is 9.78 Å². The van der Waals surface area contributed by atoms with E-state index in [-0.39, 0.29) is 0 Å². The fourth-order valence-electron chi connectivity index (χ4n) is 1.30. The zero-order chi connectivity index (χ0) is 9.10. The molecule has 68 valence electrons. The van der Waals surface area contributed by atoms with Crippen molar-refractivity contribution in [2.45, 2.75) is 19.5 Å². The Balaban J connectivity index is 2.19. The summed E-state index contributed by atoms with van der Waals surface area (Å²) >= 11 is 0. The minimum Gasteiger partial charge on any atom is -0.478 e. The van der Waals surface area contributed by atoms with Crippen molar-refractivity contribution in [3.05, 3.63) is 22.2 Å². The van der Waals surface area contributed by atoms with Crippen LogP contribution < -0.4 is 4.74 Å². The minimum absolute atomic E-state index is 0.292. The number of hydrogen-bond acceptors (Lipinski definition) is 3. The first-order valence-electron chi connectivity index (χ1n) is 4.10. The number of aromatic nitrogens is 2. The van der Waals surface area contributed by atoms with Gasteiger partial charge in [0.15, 0.2) is 0 Å². The second-order valence-corrected chi connectivity index (χ2v) is 2.79. The summed E-state index contributed by atoms with van der Waals surface area (Å²) in [7, 11) is 0. The highest BCUT2D eigenvalue weighted by Crippen LogP contribution is 2.18. The van der Waals surface area contributed by atoms with Crippen molar-refractivity contribution < 1.29 is 4.74 Å². The molecule has 6 heteroatoms. The van der Waals surface area contributed by atoms with E-state index in [9.17, 15) is 0 Å². The molecule has 2 rings (SSSR count). The van der Waals surface area contributed by atoms with E-state index in [0.717, 1.165) is 31.1 Å². The Morgan fingerprint density at radius 1 is 1.77 bits per heavy atom. The average Bonchev–Trinajstić information content (AvgIpc) is 2.57. The lowest BCUT2D eigenvalue weighted by Gasteiger charge is -2.13. The van der Waals surface area contributed by atoms with E-state index in [1.807, 2.05) is 6.07 Å². The SMILES string of the molecule is [N-]=[N+]=NCc1cc2n(n1)CCCO2. The fourth-order valence-corrected chi connectivity index (χ4v) is 1.30. The van der Waals surface area contributed by atoms with Gasteiger partial charge >= 0.3 is 0 Å². The van der Waals surface area contributed by atoms with Gasteiger partial charge in [-0.2, -0.15) is 5.10 Å². The molecule has 1 aliphatic rings. The highest BCUT2D eigenvalue weighted by atomic mass is 16.5. The number of hydrogen-bond donors (Lipinski definition) is 0. The molecule has 0 spiro atoms. The van der Waals surface area contributed by atoms with Crippen LogP contribution in [0.15, 0.2) is 11.2 Å². The molecule has 0 amide bonds. The molecular weight excluding hydrogens is 170 g/mol. The van der Waals surface area contributed by atoms with Crippen LogP contribution >= 0.6 is 0 Å². The predicted molar refractivity (Wildman–Crippen MR) is 45.2 cm³/mol. The van der Waals surface area contributed by atoms with Gasteiger partial charge in [0.1, 0.15) is 0 Å². The third-order valence-electron chi connectivity index (χ3n) is 1.85. The number of nitrogens with zero attached hydrogens (tertiary/aromatic N) is 5. The molecule has 0 saturated heterocycles. The van der Waals surface area contributed by atoms with E-state index in [1.165, 1.54) is 0 Å². The van der Waals surface area contributed by atoms with Crippen LogP contribution in [0.1, 0.15) is 12.1 Å². The Labute approximate surface area is 74.7 Å². The van der Waals surface area contributed by atoms with Crippen molar-refractivity contribution in [2.24, 2.45) is 5.11 Å². The third-order valence-corrected chi connectivity index (χ3v) is 1.85. The molecule has 0 aromatic carbocycles. The highest BCUT2D eigenvalue weighted by Gasteiger charge is 2.12. The summed E-state index contributed by atoms with van der Waals surface area (Å²) in [6, 6.07) is 1.81. The molecule has 0 aliphatic carbocycles. The molecule has 0 bridgehead atoms. The molecule has 1 aromatic rings. The van der Waals surface area contributed by atoms with Gasteiger partial charge in [0.25, 0.3) is 0 Å². The average molecular weight is 179 g/mol. The quantitative estimate of drug-likeness (QED) is 0.391. The monoisotopic (exact) mass is 179 g/mol. The van der Waals surface area contributed by atoms with Gasteiger partial charge in [-0.05, 0) is 5.53 Å². The smallest absolute Gasteiger partial charge is 0.211 e. The normalized spacial score (nSPS) is 14.2. The van der Waals surface area contributed by atoms with Gasteiger partial charge in [0.2, 0.25) is 5.88 Å². The van der Waals surface area contributed by atoms with Crippen LogP contribution in [0, 0.1) is 0 Å². The van der Waals surface area contributed by atoms with Crippen LogP contribution in [0.5, 0.6) is 5.88 Å². The molecule has 0 saturated carbocycles. The molecule has 0 fully saturated rings. The third kappa shape index (κ3) is 1.57. The van der Waals surface area contributed by atoms with E-state index in [0.29, 0.717) is 6.54 Å². The summed E-state index contributed by atoms with van der Waals surface area (Å²) in [5.41, 5.74) is 8.88. The van der Waals surface area contributed by atoms with Crippen molar-refractivity contribution in [1.29, 1.82) is 0 Å². The number of azide groups is 1. The summed E-state index contributed by atoms with van der Waals surface area (Å²) in [6.07, 6.45) is 0.982. The van der Waals surface area contributed by atoms with Crippen LogP contribution in [0.3, 0.4) is 0 Å². The lowest BCUT2D eigenvalue weighted by molar-refractivity contribution is 0.230. The highest BCUT2D eigenvalue weighted by molar-refractivity contribution is 5.17. The molecule has 0 radical (unpaired) electrons. The fraction of sp³-hybridized carbons (Fsp3) is 0.571. The number of rotatable bonds is 2. The van der Waals surface area contributed by atoms with Crippen LogP contribution in [0.2, 0.25) is 0 Å². The van der Waals surface area contributed by atoms with Gasteiger partial charge in [-0.25, -0.2) is 4.68 Å². The summed E-state index contributed by atoms with van der Waals surface area (Å²) in [5.74, 6) is 0.773. The van der Waals surface area contributed by atoms with E-state index >= 15 is 0 Å². The standard InChI is InChI=1S/C7H9N5O/c8-11-9-5-6-4-7-12(10-6)2-1-3-13-7/h4H,1-3,5H2. The minimum atomic E-state index is 0.292. The Morgan fingerprint density at radius 2 is 2.69 bits per heavy atom. The van der Waals surface area contributed by atoms with Crippen molar-refractivity contribution in [3.63, 3.8) is 0 Å². The second-order valence-electron chi connectivity index (χ2n) is 2.79. The first-order chi connectivity index (χ1) is 6.40. The van der Waals surface area contributed by atoms with E-state index < -0.39 is 0 Å². The predicted octanol–water partition coefficient (Wildman–Crippen LogP) is 1.48.